The molecule has 1 aliphatic heterocycles. The second kappa shape index (κ2) is 6.72. The van der Waals surface area contributed by atoms with Crippen LogP contribution in [0.4, 0.5) is 0 Å². The SMILES string of the molecule is COc1ccc(C2NC(=S)N(C)C3=C2C(=O)CCC3)c(Br)c1OC. The van der Waals surface area contributed by atoms with Crippen LogP contribution in [0.1, 0.15) is 30.9 Å². The molecule has 0 saturated carbocycles. The van der Waals surface area contributed by atoms with Gasteiger partial charge in [0, 0.05) is 24.7 Å². The lowest BCUT2D eigenvalue weighted by Gasteiger charge is -2.39. The van der Waals surface area contributed by atoms with Crippen LogP contribution in [-0.2, 0) is 4.79 Å². The molecular weight excluding hydrogens is 392 g/mol. The summed E-state index contributed by atoms with van der Waals surface area (Å²) in [6, 6.07) is 3.49. The van der Waals surface area contributed by atoms with E-state index in [4.69, 9.17) is 21.7 Å². The third-order valence-electron chi connectivity index (χ3n) is 4.52. The van der Waals surface area contributed by atoms with Gasteiger partial charge in [-0.3, -0.25) is 4.79 Å². The van der Waals surface area contributed by atoms with E-state index in [0.29, 0.717) is 23.0 Å². The molecule has 5 nitrogen and oxygen atoms in total. The number of hydrogen-bond donors (Lipinski definition) is 1. The van der Waals surface area contributed by atoms with Gasteiger partial charge in [0.05, 0.1) is 24.7 Å². The number of carbonyl (C=O) groups excluding carboxylic acids is 1. The molecule has 1 N–H and O–H groups in total. The number of allylic oxidation sites excluding steroid dienone is 1. The van der Waals surface area contributed by atoms with Gasteiger partial charge in [0.1, 0.15) is 0 Å². The molecule has 0 bridgehead atoms. The Morgan fingerprint density at radius 1 is 1.29 bits per heavy atom. The molecule has 1 unspecified atom stereocenters. The molecule has 1 aromatic carbocycles. The quantitative estimate of drug-likeness (QED) is 0.771. The number of ketones is 1. The average Bonchev–Trinajstić information content (AvgIpc) is 2.58. The summed E-state index contributed by atoms with van der Waals surface area (Å²) < 4.78 is 11.6. The molecular formula is C17H19BrN2O3S. The minimum atomic E-state index is -0.286. The van der Waals surface area contributed by atoms with E-state index in [2.05, 4.69) is 21.2 Å². The van der Waals surface area contributed by atoms with Crippen LogP contribution in [0.15, 0.2) is 27.9 Å². The molecule has 128 valence electrons. The Bertz CT molecular complexity index is 748. The molecule has 0 spiro atoms. The van der Waals surface area contributed by atoms with Crippen LogP contribution in [0, 0.1) is 0 Å². The van der Waals surface area contributed by atoms with Crippen LogP contribution in [0.25, 0.3) is 0 Å². The topological polar surface area (TPSA) is 50.8 Å². The first kappa shape index (κ1) is 17.2. The highest BCUT2D eigenvalue weighted by Gasteiger charge is 2.37. The zero-order valence-electron chi connectivity index (χ0n) is 13.8. The molecule has 0 saturated heterocycles. The summed E-state index contributed by atoms with van der Waals surface area (Å²) in [4.78, 5) is 14.5. The number of hydrogen-bond acceptors (Lipinski definition) is 4. The van der Waals surface area contributed by atoms with Gasteiger partial charge in [-0.25, -0.2) is 0 Å². The predicted molar refractivity (Wildman–Crippen MR) is 99.4 cm³/mol. The van der Waals surface area contributed by atoms with E-state index in [1.165, 1.54) is 0 Å². The zero-order valence-corrected chi connectivity index (χ0v) is 16.2. The van der Waals surface area contributed by atoms with Crippen molar-refractivity contribution in [3.05, 3.63) is 33.4 Å². The first-order chi connectivity index (χ1) is 11.5. The number of nitrogens with zero attached hydrogens (tertiary/aromatic N) is 1. The van der Waals surface area contributed by atoms with Gasteiger partial charge in [0.15, 0.2) is 22.4 Å². The highest BCUT2D eigenvalue weighted by molar-refractivity contribution is 9.10. The fraction of sp³-hybridized carbons (Fsp3) is 0.412. The Morgan fingerprint density at radius 2 is 2.04 bits per heavy atom. The predicted octanol–water partition coefficient (Wildman–Crippen LogP) is 3.33. The van der Waals surface area contributed by atoms with E-state index in [1.54, 1.807) is 14.2 Å². The average molecular weight is 411 g/mol. The lowest BCUT2D eigenvalue weighted by atomic mass is 9.85. The summed E-state index contributed by atoms with van der Waals surface area (Å²) >= 11 is 9.07. The molecule has 1 aliphatic carbocycles. The molecule has 1 heterocycles. The van der Waals surface area contributed by atoms with Crippen molar-refractivity contribution in [2.24, 2.45) is 0 Å². The molecule has 7 heteroatoms. The summed E-state index contributed by atoms with van der Waals surface area (Å²) in [5.41, 5.74) is 2.72. The minimum Gasteiger partial charge on any atom is -0.493 e. The number of nitrogens with one attached hydrogen (secondary N) is 1. The van der Waals surface area contributed by atoms with E-state index < -0.39 is 0 Å². The second-order valence-electron chi connectivity index (χ2n) is 5.78. The molecule has 2 aliphatic rings. The number of methoxy groups -OCH3 is 2. The molecule has 24 heavy (non-hydrogen) atoms. The summed E-state index contributed by atoms with van der Waals surface area (Å²) in [6.07, 6.45) is 2.30. The third-order valence-corrected chi connectivity index (χ3v) is 5.73. The lowest BCUT2D eigenvalue weighted by molar-refractivity contribution is -0.116. The molecule has 3 rings (SSSR count). The number of thiocarbonyl (C=S) groups is 1. The molecule has 0 fully saturated rings. The summed E-state index contributed by atoms with van der Waals surface area (Å²) in [6.45, 7) is 0. The fourth-order valence-electron chi connectivity index (χ4n) is 3.30. The van der Waals surface area contributed by atoms with Gasteiger partial charge in [0.25, 0.3) is 0 Å². The first-order valence-corrected chi connectivity index (χ1v) is 8.90. The summed E-state index contributed by atoms with van der Waals surface area (Å²) in [5.74, 6) is 1.41. The first-order valence-electron chi connectivity index (χ1n) is 7.70. The van der Waals surface area contributed by atoms with Crippen LogP contribution >= 0.6 is 28.1 Å². The van der Waals surface area contributed by atoms with Crippen LogP contribution < -0.4 is 14.8 Å². The Balaban J connectivity index is 2.16. The zero-order chi connectivity index (χ0) is 17.4. The van der Waals surface area contributed by atoms with Crippen molar-refractivity contribution < 1.29 is 14.3 Å². The maximum absolute atomic E-state index is 12.6. The van der Waals surface area contributed by atoms with Crippen LogP contribution in [0.2, 0.25) is 0 Å². The van der Waals surface area contributed by atoms with Crippen LogP contribution in [0.3, 0.4) is 0 Å². The molecule has 0 aromatic heterocycles. The number of halogens is 1. The van der Waals surface area contributed by atoms with Gasteiger partial charge < -0.3 is 19.7 Å². The van der Waals surface area contributed by atoms with Crippen molar-refractivity contribution in [1.29, 1.82) is 0 Å². The molecule has 1 atom stereocenters. The normalized spacial score (nSPS) is 20.7. The Morgan fingerprint density at radius 3 is 2.71 bits per heavy atom. The molecule has 0 radical (unpaired) electrons. The number of ether oxygens (including phenoxy) is 2. The van der Waals surface area contributed by atoms with E-state index in [9.17, 15) is 4.79 Å². The maximum atomic E-state index is 12.6. The Kier molecular flexibility index (Phi) is 4.83. The fourth-order valence-corrected chi connectivity index (χ4v) is 4.24. The Hall–Kier alpha value is -1.60. The van der Waals surface area contributed by atoms with E-state index in [-0.39, 0.29) is 11.8 Å². The Labute approximate surface area is 155 Å². The van der Waals surface area contributed by atoms with Gasteiger partial charge in [-0.15, -0.1) is 0 Å². The number of rotatable bonds is 3. The van der Waals surface area contributed by atoms with E-state index >= 15 is 0 Å². The number of benzene rings is 1. The largest absolute Gasteiger partial charge is 0.493 e. The lowest BCUT2D eigenvalue weighted by Crippen LogP contribution is -2.47. The minimum absolute atomic E-state index is 0.171. The second-order valence-corrected chi connectivity index (χ2v) is 6.96. The standard InChI is InChI=1S/C17H19BrN2O3S/c1-20-10-5-4-6-11(21)13(10)15(19-17(20)24)9-7-8-12(22-2)16(23-3)14(9)18/h7-8,15H,4-6H2,1-3H3,(H,19,24). The van der Waals surface area contributed by atoms with E-state index in [0.717, 1.165) is 34.1 Å². The van der Waals surface area contributed by atoms with Crippen molar-refractivity contribution in [3.8, 4) is 11.5 Å². The van der Waals surface area contributed by atoms with Gasteiger partial charge in [-0.2, -0.15) is 0 Å². The van der Waals surface area contributed by atoms with E-state index in [1.807, 2.05) is 24.1 Å². The maximum Gasteiger partial charge on any atom is 0.175 e. The van der Waals surface area contributed by atoms with Gasteiger partial charge in [-0.05, 0) is 52.6 Å². The summed E-state index contributed by atoms with van der Waals surface area (Å²) in [7, 11) is 5.09. The highest BCUT2D eigenvalue weighted by Crippen LogP contribution is 2.44. The van der Waals surface area contributed by atoms with Crippen molar-refractivity contribution in [3.63, 3.8) is 0 Å². The van der Waals surface area contributed by atoms with Crippen molar-refractivity contribution in [1.82, 2.24) is 10.2 Å². The van der Waals surface area contributed by atoms with Crippen LogP contribution in [-0.4, -0.2) is 37.1 Å². The number of carbonyl (C=O) groups is 1. The third kappa shape index (κ3) is 2.69. The van der Waals surface area contributed by atoms with Crippen molar-refractivity contribution >= 4 is 39.0 Å². The monoisotopic (exact) mass is 410 g/mol. The van der Waals surface area contributed by atoms with Crippen molar-refractivity contribution in [2.45, 2.75) is 25.3 Å². The van der Waals surface area contributed by atoms with Gasteiger partial charge in [-0.1, -0.05) is 6.07 Å². The molecule has 0 amide bonds. The smallest absolute Gasteiger partial charge is 0.175 e. The highest BCUT2D eigenvalue weighted by atomic mass is 79.9. The van der Waals surface area contributed by atoms with Crippen molar-refractivity contribution in [2.75, 3.05) is 21.3 Å². The van der Waals surface area contributed by atoms with Crippen LogP contribution in [0.5, 0.6) is 11.5 Å². The van der Waals surface area contributed by atoms with Gasteiger partial charge in [0.2, 0.25) is 0 Å². The number of Topliss-reactive ketones (excluding diaryl/α,β-unsaturated/α-hetero) is 1. The molecule has 1 aromatic rings. The van der Waals surface area contributed by atoms with Gasteiger partial charge >= 0.3 is 0 Å². The summed E-state index contributed by atoms with van der Waals surface area (Å²) in [5, 5.41) is 3.91.